The summed E-state index contributed by atoms with van der Waals surface area (Å²) in [6.07, 6.45) is 7.34. The fourth-order valence-corrected chi connectivity index (χ4v) is 2.58. The maximum atomic E-state index is 5.77. The lowest BCUT2D eigenvalue weighted by Crippen LogP contribution is -2.20. The molecule has 0 fully saturated rings. The van der Waals surface area contributed by atoms with Gasteiger partial charge in [0.2, 0.25) is 5.65 Å². The molecule has 3 heterocycles. The topological polar surface area (TPSA) is 99.4 Å². The van der Waals surface area contributed by atoms with Crippen LogP contribution in [0.3, 0.4) is 0 Å². The van der Waals surface area contributed by atoms with Crippen molar-refractivity contribution < 1.29 is 9.47 Å². The molecule has 0 aliphatic carbocycles. The highest BCUT2D eigenvalue weighted by Crippen LogP contribution is 2.29. The fourth-order valence-electron chi connectivity index (χ4n) is 2.58. The van der Waals surface area contributed by atoms with Crippen LogP contribution in [0.5, 0.6) is 11.6 Å². The molecule has 1 N–H and O–H groups in total. The molecule has 3 aromatic rings. The van der Waals surface area contributed by atoms with E-state index in [1.165, 1.54) is 6.33 Å². The Morgan fingerprint density at radius 3 is 2.93 bits per heavy atom. The van der Waals surface area contributed by atoms with Gasteiger partial charge in [0.05, 0.1) is 32.2 Å². The highest BCUT2D eigenvalue weighted by atomic mass is 16.5. The monoisotopic (exact) mass is 369 g/mol. The zero-order valence-electron chi connectivity index (χ0n) is 15.7. The van der Waals surface area contributed by atoms with Crippen LogP contribution in [0.15, 0.2) is 31.4 Å². The van der Waals surface area contributed by atoms with Crippen molar-refractivity contribution in [3.63, 3.8) is 0 Å². The molecule has 27 heavy (non-hydrogen) atoms. The predicted octanol–water partition coefficient (Wildman–Crippen LogP) is 2.22. The minimum atomic E-state index is -0.00179. The summed E-state index contributed by atoms with van der Waals surface area (Å²) in [6, 6.07) is -0.00179. The summed E-state index contributed by atoms with van der Waals surface area (Å²) >= 11 is 0. The second-order valence-electron chi connectivity index (χ2n) is 5.81. The molecule has 0 saturated heterocycles. The number of ether oxygens (including phenoxy) is 2. The van der Waals surface area contributed by atoms with Gasteiger partial charge in [-0.3, -0.25) is 0 Å². The summed E-state index contributed by atoms with van der Waals surface area (Å²) in [5.74, 6) is 1.56. The molecule has 0 aliphatic rings. The summed E-state index contributed by atoms with van der Waals surface area (Å²) in [5.41, 5.74) is 1.67. The van der Waals surface area contributed by atoms with Crippen LogP contribution in [-0.2, 0) is 0 Å². The zero-order valence-corrected chi connectivity index (χ0v) is 15.7. The van der Waals surface area contributed by atoms with E-state index in [1.54, 1.807) is 30.1 Å². The number of nitrogens with zero attached hydrogens (tertiary/aromatic N) is 6. The Bertz CT molecular complexity index is 925. The predicted molar refractivity (Wildman–Crippen MR) is 101 cm³/mol. The summed E-state index contributed by atoms with van der Waals surface area (Å²) in [4.78, 5) is 17.9. The second kappa shape index (κ2) is 8.54. The zero-order chi connectivity index (χ0) is 19.2. The van der Waals surface area contributed by atoms with Crippen molar-refractivity contribution in [2.24, 2.45) is 0 Å². The largest absolute Gasteiger partial charge is 0.493 e. The first-order valence-corrected chi connectivity index (χ1v) is 8.76. The van der Waals surface area contributed by atoms with Crippen LogP contribution < -0.4 is 14.8 Å². The SMILES string of the molecule is C=CCCOc1nc(-c2nc(C(C)NCC)ncc2OC)cn2ncnc12. The van der Waals surface area contributed by atoms with Gasteiger partial charge in [0.1, 0.15) is 23.5 Å². The lowest BCUT2D eigenvalue weighted by Gasteiger charge is -2.14. The summed E-state index contributed by atoms with van der Waals surface area (Å²) in [6.45, 7) is 9.01. The van der Waals surface area contributed by atoms with Gasteiger partial charge < -0.3 is 14.8 Å². The molecule has 0 radical (unpaired) electrons. The first-order chi connectivity index (χ1) is 13.2. The molecule has 0 saturated carbocycles. The third kappa shape index (κ3) is 4.03. The Balaban J connectivity index is 2.07. The van der Waals surface area contributed by atoms with E-state index in [9.17, 15) is 0 Å². The van der Waals surface area contributed by atoms with Crippen molar-refractivity contribution in [2.75, 3.05) is 20.3 Å². The highest BCUT2D eigenvalue weighted by Gasteiger charge is 2.18. The molecule has 1 atom stereocenters. The van der Waals surface area contributed by atoms with Gasteiger partial charge in [0, 0.05) is 0 Å². The Kier molecular flexibility index (Phi) is 5.92. The summed E-state index contributed by atoms with van der Waals surface area (Å²) in [5, 5.41) is 7.51. The smallest absolute Gasteiger partial charge is 0.260 e. The van der Waals surface area contributed by atoms with Gasteiger partial charge in [-0.25, -0.2) is 24.5 Å². The Morgan fingerprint density at radius 2 is 2.19 bits per heavy atom. The standard InChI is InChI=1S/C18H23N7O2/c1-5-7-8-27-18-17-21-11-22-25(17)10-13(23-18)15-14(26-4)9-20-16(24-15)12(3)19-6-2/h5,9-12,19H,1,6-8H2,2-4H3. The lowest BCUT2D eigenvalue weighted by molar-refractivity contribution is 0.314. The van der Waals surface area contributed by atoms with Crippen molar-refractivity contribution in [1.82, 2.24) is 34.9 Å². The number of rotatable bonds is 9. The molecular formula is C18H23N7O2. The maximum Gasteiger partial charge on any atom is 0.260 e. The average molecular weight is 369 g/mol. The number of hydrogen-bond donors (Lipinski definition) is 1. The first kappa shape index (κ1) is 18.7. The molecule has 9 heteroatoms. The van der Waals surface area contributed by atoms with Gasteiger partial charge >= 0.3 is 0 Å². The number of aromatic nitrogens is 6. The normalized spacial score (nSPS) is 12.1. The summed E-state index contributed by atoms with van der Waals surface area (Å²) in [7, 11) is 1.57. The Hall–Kier alpha value is -3.07. The fraction of sp³-hybridized carbons (Fsp3) is 0.389. The van der Waals surface area contributed by atoms with Crippen molar-refractivity contribution in [2.45, 2.75) is 26.3 Å². The molecule has 0 bridgehead atoms. The number of methoxy groups -OCH3 is 1. The van der Waals surface area contributed by atoms with Crippen molar-refractivity contribution in [1.29, 1.82) is 0 Å². The third-order valence-corrected chi connectivity index (χ3v) is 3.93. The van der Waals surface area contributed by atoms with Gasteiger partial charge in [0.15, 0.2) is 5.75 Å². The molecule has 0 aliphatic heterocycles. The van der Waals surface area contributed by atoms with E-state index in [1.807, 2.05) is 13.8 Å². The van der Waals surface area contributed by atoms with E-state index in [4.69, 9.17) is 9.47 Å². The van der Waals surface area contributed by atoms with Gasteiger partial charge in [0.25, 0.3) is 5.88 Å². The van der Waals surface area contributed by atoms with Gasteiger partial charge in [-0.1, -0.05) is 13.0 Å². The molecule has 0 amide bonds. The average Bonchev–Trinajstić information content (AvgIpc) is 3.16. The Labute approximate surface area is 157 Å². The van der Waals surface area contributed by atoms with Gasteiger partial charge in [-0.15, -0.1) is 6.58 Å². The van der Waals surface area contributed by atoms with Crippen molar-refractivity contribution in [3.05, 3.63) is 37.2 Å². The quantitative estimate of drug-likeness (QED) is 0.453. The van der Waals surface area contributed by atoms with Crippen LogP contribution in [0.1, 0.15) is 32.1 Å². The van der Waals surface area contributed by atoms with Crippen LogP contribution in [0.4, 0.5) is 0 Å². The third-order valence-electron chi connectivity index (χ3n) is 3.93. The molecular weight excluding hydrogens is 346 g/mol. The molecule has 9 nitrogen and oxygen atoms in total. The lowest BCUT2D eigenvalue weighted by atomic mass is 10.2. The second-order valence-corrected chi connectivity index (χ2v) is 5.81. The van der Waals surface area contributed by atoms with E-state index in [0.717, 1.165) is 6.54 Å². The minimum absolute atomic E-state index is 0.00179. The van der Waals surface area contributed by atoms with Gasteiger partial charge in [-0.05, 0) is 19.9 Å². The van der Waals surface area contributed by atoms with E-state index >= 15 is 0 Å². The molecule has 1 unspecified atom stereocenters. The molecule has 3 aromatic heterocycles. The molecule has 0 aromatic carbocycles. The first-order valence-electron chi connectivity index (χ1n) is 8.76. The number of fused-ring (bicyclic) bond motifs is 1. The van der Waals surface area contributed by atoms with Crippen LogP contribution in [0, 0.1) is 0 Å². The molecule has 0 spiro atoms. The van der Waals surface area contributed by atoms with Crippen LogP contribution in [-0.4, -0.2) is 49.8 Å². The molecule has 142 valence electrons. The highest BCUT2D eigenvalue weighted by molar-refractivity contribution is 5.64. The van der Waals surface area contributed by atoms with Crippen LogP contribution in [0.25, 0.3) is 17.0 Å². The van der Waals surface area contributed by atoms with Crippen molar-refractivity contribution in [3.8, 4) is 23.0 Å². The van der Waals surface area contributed by atoms with Crippen LogP contribution >= 0.6 is 0 Å². The molecule has 3 rings (SSSR count). The van der Waals surface area contributed by atoms with E-state index < -0.39 is 0 Å². The number of hydrogen-bond acceptors (Lipinski definition) is 8. The number of nitrogens with one attached hydrogen (secondary N) is 1. The minimum Gasteiger partial charge on any atom is -0.493 e. The van der Waals surface area contributed by atoms with Crippen molar-refractivity contribution >= 4 is 5.65 Å². The van der Waals surface area contributed by atoms with Gasteiger partial charge in [-0.2, -0.15) is 5.10 Å². The van der Waals surface area contributed by atoms with E-state index in [0.29, 0.717) is 47.5 Å². The van der Waals surface area contributed by atoms with E-state index in [2.05, 4.69) is 36.9 Å². The summed E-state index contributed by atoms with van der Waals surface area (Å²) < 4.78 is 12.8. The Morgan fingerprint density at radius 1 is 1.33 bits per heavy atom. The maximum absolute atomic E-state index is 5.77. The van der Waals surface area contributed by atoms with E-state index in [-0.39, 0.29) is 6.04 Å². The van der Waals surface area contributed by atoms with Crippen LogP contribution in [0.2, 0.25) is 0 Å².